The summed E-state index contributed by atoms with van der Waals surface area (Å²) in [6.07, 6.45) is 1.60. The summed E-state index contributed by atoms with van der Waals surface area (Å²) < 4.78 is 16.4. The van der Waals surface area contributed by atoms with Crippen LogP contribution in [0.15, 0.2) is 78.6 Å². The van der Waals surface area contributed by atoms with Crippen molar-refractivity contribution < 1.29 is 23.8 Å². The average Bonchev–Trinajstić information content (AvgIpc) is 3.08. The number of ketones is 1. The lowest BCUT2D eigenvalue weighted by atomic mass is 10.1. The highest BCUT2D eigenvalue weighted by molar-refractivity contribution is 6.32. The summed E-state index contributed by atoms with van der Waals surface area (Å²) >= 11 is 6.15. The van der Waals surface area contributed by atoms with Gasteiger partial charge in [-0.2, -0.15) is 0 Å². The summed E-state index contributed by atoms with van der Waals surface area (Å²) in [5.41, 5.74) is 2.01. The number of Topliss-reactive ketones (excluding diaryl/α,β-unsaturated/α-hetero) is 1. The third-order valence-corrected chi connectivity index (χ3v) is 4.78. The van der Waals surface area contributed by atoms with E-state index in [0.717, 1.165) is 5.56 Å². The van der Waals surface area contributed by atoms with E-state index in [1.807, 2.05) is 42.5 Å². The van der Waals surface area contributed by atoms with Crippen molar-refractivity contribution in [1.82, 2.24) is 0 Å². The Morgan fingerprint density at radius 1 is 1.00 bits per heavy atom. The molecule has 0 amide bonds. The quantitative estimate of drug-likeness (QED) is 0.411. The number of benzene rings is 3. The standard InChI is InChI=1S/C24H17ClO5/c25-20-9-5-4-8-17(20)12-22-24(27)19-11-10-18(13-21(19)30-22)28-15-23(26)29-14-16-6-2-1-3-7-16/h1-13H,14-15H2/b22-12-. The van der Waals surface area contributed by atoms with Gasteiger partial charge in [-0.1, -0.05) is 60.1 Å². The van der Waals surface area contributed by atoms with E-state index in [9.17, 15) is 9.59 Å². The monoisotopic (exact) mass is 420 g/mol. The largest absolute Gasteiger partial charge is 0.482 e. The van der Waals surface area contributed by atoms with Crippen LogP contribution in [0.1, 0.15) is 21.5 Å². The van der Waals surface area contributed by atoms with Crippen LogP contribution < -0.4 is 9.47 Å². The van der Waals surface area contributed by atoms with Crippen LogP contribution in [0.4, 0.5) is 0 Å². The number of hydrogen-bond donors (Lipinski definition) is 0. The second-order valence-electron chi connectivity index (χ2n) is 6.55. The molecule has 5 nitrogen and oxygen atoms in total. The van der Waals surface area contributed by atoms with Crippen LogP contribution in [-0.4, -0.2) is 18.4 Å². The molecule has 4 rings (SSSR count). The van der Waals surface area contributed by atoms with Crippen molar-refractivity contribution in [2.45, 2.75) is 6.61 Å². The Morgan fingerprint density at radius 3 is 2.57 bits per heavy atom. The highest BCUT2D eigenvalue weighted by atomic mass is 35.5. The van der Waals surface area contributed by atoms with Crippen molar-refractivity contribution in [3.8, 4) is 11.5 Å². The van der Waals surface area contributed by atoms with Crippen LogP contribution in [0.3, 0.4) is 0 Å². The van der Waals surface area contributed by atoms with Crippen LogP contribution in [0.5, 0.6) is 11.5 Å². The van der Waals surface area contributed by atoms with E-state index in [1.54, 1.807) is 36.4 Å². The van der Waals surface area contributed by atoms with Gasteiger partial charge in [0.25, 0.3) is 0 Å². The van der Waals surface area contributed by atoms with Gasteiger partial charge in [0.2, 0.25) is 5.78 Å². The number of allylic oxidation sites excluding steroid dienone is 1. The number of ether oxygens (including phenoxy) is 3. The Bertz CT molecular complexity index is 1120. The maximum absolute atomic E-state index is 12.6. The lowest BCUT2D eigenvalue weighted by molar-refractivity contribution is -0.147. The molecule has 1 heterocycles. The molecule has 0 aromatic heterocycles. The molecule has 0 saturated heterocycles. The molecule has 0 radical (unpaired) electrons. The zero-order valence-corrected chi connectivity index (χ0v) is 16.6. The second kappa shape index (κ2) is 8.84. The molecule has 150 valence electrons. The van der Waals surface area contributed by atoms with E-state index < -0.39 is 5.97 Å². The summed E-state index contributed by atoms with van der Waals surface area (Å²) in [4.78, 5) is 24.5. The molecule has 6 heteroatoms. The summed E-state index contributed by atoms with van der Waals surface area (Å²) in [6.45, 7) is -0.0665. The molecule has 0 atom stereocenters. The molecule has 0 saturated carbocycles. The normalized spacial score (nSPS) is 13.6. The highest BCUT2D eigenvalue weighted by Crippen LogP contribution is 2.35. The van der Waals surface area contributed by atoms with Gasteiger partial charge in [0.15, 0.2) is 12.4 Å². The fourth-order valence-corrected chi connectivity index (χ4v) is 3.10. The van der Waals surface area contributed by atoms with Gasteiger partial charge in [0.05, 0.1) is 5.56 Å². The predicted octanol–water partition coefficient (Wildman–Crippen LogP) is 5.08. The van der Waals surface area contributed by atoms with Gasteiger partial charge in [-0.05, 0) is 35.4 Å². The Morgan fingerprint density at radius 2 is 1.77 bits per heavy atom. The van der Waals surface area contributed by atoms with Gasteiger partial charge in [-0.25, -0.2) is 4.79 Å². The smallest absolute Gasteiger partial charge is 0.344 e. The summed E-state index contributed by atoms with van der Waals surface area (Å²) in [5.74, 6) is 0.220. The minimum atomic E-state index is -0.490. The first kappa shape index (κ1) is 19.7. The number of carbonyl (C=O) groups excluding carboxylic acids is 2. The zero-order valence-electron chi connectivity index (χ0n) is 15.8. The van der Waals surface area contributed by atoms with Crippen molar-refractivity contribution in [2.24, 2.45) is 0 Å². The summed E-state index contributed by atoms with van der Waals surface area (Å²) in [7, 11) is 0. The molecule has 30 heavy (non-hydrogen) atoms. The van der Waals surface area contributed by atoms with Gasteiger partial charge in [-0.15, -0.1) is 0 Å². The third-order valence-electron chi connectivity index (χ3n) is 4.43. The van der Waals surface area contributed by atoms with Crippen LogP contribution in [0, 0.1) is 0 Å². The van der Waals surface area contributed by atoms with Crippen molar-refractivity contribution in [1.29, 1.82) is 0 Å². The Balaban J connectivity index is 1.38. The van der Waals surface area contributed by atoms with Crippen LogP contribution in [0.25, 0.3) is 6.08 Å². The minimum absolute atomic E-state index is 0.178. The number of esters is 1. The molecule has 0 bridgehead atoms. The number of halogens is 1. The molecule has 3 aromatic rings. The third kappa shape index (κ3) is 4.53. The predicted molar refractivity (Wildman–Crippen MR) is 113 cm³/mol. The molecule has 0 aliphatic carbocycles. The van der Waals surface area contributed by atoms with Gasteiger partial charge >= 0.3 is 5.97 Å². The van der Waals surface area contributed by atoms with Crippen molar-refractivity contribution >= 4 is 29.4 Å². The van der Waals surface area contributed by atoms with Crippen molar-refractivity contribution in [3.05, 3.63) is 100 Å². The Kier molecular flexibility index (Phi) is 5.82. The first-order chi connectivity index (χ1) is 14.6. The number of carbonyl (C=O) groups is 2. The first-order valence-corrected chi connectivity index (χ1v) is 9.63. The summed E-state index contributed by atoms with van der Waals surface area (Å²) in [5, 5.41) is 0.524. The van der Waals surface area contributed by atoms with E-state index in [2.05, 4.69) is 0 Å². The summed E-state index contributed by atoms with van der Waals surface area (Å²) in [6, 6.07) is 21.4. The SMILES string of the molecule is O=C(COc1ccc2c(c1)O/C(=C\c1ccccc1Cl)C2=O)OCc1ccccc1. The van der Waals surface area contributed by atoms with Gasteiger partial charge in [0, 0.05) is 11.1 Å². The fourth-order valence-electron chi connectivity index (χ4n) is 2.91. The van der Waals surface area contributed by atoms with E-state index in [-0.39, 0.29) is 24.8 Å². The zero-order chi connectivity index (χ0) is 20.9. The minimum Gasteiger partial charge on any atom is -0.482 e. The maximum Gasteiger partial charge on any atom is 0.344 e. The van der Waals surface area contributed by atoms with E-state index in [4.69, 9.17) is 25.8 Å². The molecule has 0 spiro atoms. The Hall–Kier alpha value is -3.57. The fraction of sp³-hybridized carbons (Fsp3) is 0.0833. The molecule has 0 unspecified atom stereocenters. The van der Waals surface area contributed by atoms with Gasteiger partial charge < -0.3 is 14.2 Å². The molecular weight excluding hydrogens is 404 g/mol. The van der Waals surface area contributed by atoms with Gasteiger partial charge in [-0.3, -0.25) is 4.79 Å². The van der Waals surface area contributed by atoms with E-state index >= 15 is 0 Å². The Labute approximate surface area is 178 Å². The van der Waals surface area contributed by atoms with Crippen molar-refractivity contribution in [3.63, 3.8) is 0 Å². The van der Waals surface area contributed by atoms with E-state index in [0.29, 0.717) is 27.6 Å². The van der Waals surface area contributed by atoms with Gasteiger partial charge in [0.1, 0.15) is 18.1 Å². The maximum atomic E-state index is 12.6. The molecule has 0 fully saturated rings. The van der Waals surface area contributed by atoms with Crippen molar-refractivity contribution in [2.75, 3.05) is 6.61 Å². The molecule has 1 aliphatic heterocycles. The van der Waals surface area contributed by atoms with Crippen LogP contribution in [-0.2, 0) is 16.1 Å². The molecular formula is C24H17ClO5. The lowest BCUT2D eigenvalue weighted by Crippen LogP contribution is -2.14. The number of hydrogen-bond acceptors (Lipinski definition) is 5. The molecule has 0 N–H and O–H groups in total. The van der Waals surface area contributed by atoms with E-state index in [1.165, 1.54) is 0 Å². The first-order valence-electron chi connectivity index (χ1n) is 9.25. The lowest BCUT2D eigenvalue weighted by Gasteiger charge is -2.08. The second-order valence-corrected chi connectivity index (χ2v) is 6.96. The van der Waals surface area contributed by atoms with Crippen LogP contribution in [0.2, 0.25) is 5.02 Å². The molecule has 3 aromatic carbocycles. The topological polar surface area (TPSA) is 61.8 Å². The average molecular weight is 421 g/mol. The van der Waals surface area contributed by atoms with Crippen LogP contribution >= 0.6 is 11.6 Å². The number of rotatable bonds is 6. The highest BCUT2D eigenvalue weighted by Gasteiger charge is 2.28. The molecule has 1 aliphatic rings. The number of fused-ring (bicyclic) bond motifs is 1.